The lowest BCUT2D eigenvalue weighted by atomic mass is 9.90. The van der Waals surface area contributed by atoms with Crippen LogP contribution in [0, 0.1) is 6.92 Å². The van der Waals surface area contributed by atoms with Crippen LogP contribution in [0.15, 0.2) is 48.5 Å². The fraction of sp³-hybridized carbons (Fsp3) is 0.333. The molecule has 2 aromatic carbocycles. The third-order valence-electron chi connectivity index (χ3n) is 4.61. The number of fused-ring (bicyclic) bond motifs is 1. The van der Waals surface area contributed by atoms with Gasteiger partial charge in [0.1, 0.15) is 6.04 Å². The maximum Gasteiger partial charge on any atom is 0.247 e. The summed E-state index contributed by atoms with van der Waals surface area (Å²) in [4.78, 5) is 27.3. The lowest BCUT2D eigenvalue weighted by Gasteiger charge is -2.39. The van der Waals surface area contributed by atoms with E-state index in [1.165, 1.54) is 0 Å². The summed E-state index contributed by atoms with van der Waals surface area (Å²) >= 11 is 0. The van der Waals surface area contributed by atoms with Gasteiger partial charge in [0.25, 0.3) is 0 Å². The zero-order chi connectivity index (χ0) is 18.0. The van der Waals surface area contributed by atoms with Gasteiger partial charge in [0.15, 0.2) is 0 Å². The van der Waals surface area contributed by atoms with E-state index in [-0.39, 0.29) is 17.9 Å². The number of rotatable bonds is 4. The van der Waals surface area contributed by atoms with Crippen LogP contribution < -0.4 is 5.32 Å². The molecular formula is C21H24N2O2. The van der Waals surface area contributed by atoms with E-state index in [0.29, 0.717) is 13.0 Å². The molecule has 0 aromatic heterocycles. The monoisotopic (exact) mass is 336 g/mol. The Balaban J connectivity index is 1.86. The Hall–Kier alpha value is -2.62. The van der Waals surface area contributed by atoms with Crippen LogP contribution in [0.2, 0.25) is 0 Å². The fourth-order valence-corrected chi connectivity index (χ4v) is 3.47. The average molecular weight is 336 g/mol. The molecule has 1 aliphatic heterocycles. The first-order valence-corrected chi connectivity index (χ1v) is 8.69. The maximum absolute atomic E-state index is 13.0. The summed E-state index contributed by atoms with van der Waals surface area (Å²) in [5, 5.41) is 3.01. The Morgan fingerprint density at radius 2 is 1.96 bits per heavy atom. The highest BCUT2D eigenvalue weighted by Gasteiger charge is 2.38. The molecule has 0 radical (unpaired) electrons. The molecule has 130 valence electrons. The minimum absolute atomic E-state index is 0.00408. The van der Waals surface area contributed by atoms with Crippen LogP contribution in [0.25, 0.3) is 0 Å². The van der Waals surface area contributed by atoms with Crippen molar-refractivity contribution < 1.29 is 9.59 Å². The standard InChI is InChI=1S/C21H24N2O2/c1-14(2)23-19(24)12-17-9-4-5-10-18(17)20(23)21(25)22-13-16-8-6-7-15(3)11-16/h4-11,14,20H,12-13H2,1-3H3,(H,22,25). The summed E-state index contributed by atoms with van der Waals surface area (Å²) in [5.74, 6) is -0.125. The highest BCUT2D eigenvalue weighted by molar-refractivity contribution is 5.92. The molecule has 1 aliphatic rings. The van der Waals surface area contributed by atoms with E-state index < -0.39 is 6.04 Å². The van der Waals surface area contributed by atoms with E-state index >= 15 is 0 Å². The van der Waals surface area contributed by atoms with Crippen LogP contribution >= 0.6 is 0 Å². The van der Waals surface area contributed by atoms with E-state index in [4.69, 9.17) is 0 Å². The third-order valence-corrected chi connectivity index (χ3v) is 4.61. The molecule has 1 unspecified atom stereocenters. The van der Waals surface area contributed by atoms with Crippen molar-refractivity contribution in [3.8, 4) is 0 Å². The van der Waals surface area contributed by atoms with Crippen LogP contribution in [-0.2, 0) is 22.6 Å². The Morgan fingerprint density at radius 1 is 1.20 bits per heavy atom. The Bertz CT molecular complexity index is 798. The van der Waals surface area contributed by atoms with Crippen LogP contribution in [0.4, 0.5) is 0 Å². The van der Waals surface area contributed by atoms with Crippen LogP contribution in [0.5, 0.6) is 0 Å². The van der Waals surface area contributed by atoms with Crippen molar-refractivity contribution in [3.63, 3.8) is 0 Å². The summed E-state index contributed by atoms with van der Waals surface area (Å²) in [7, 11) is 0. The molecule has 1 atom stereocenters. The van der Waals surface area contributed by atoms with E-state index in [1.54, 1.807) is 4.90 Å². The van der Waals surface area contributed by atoms with E-state index in [0.717, 1.165) is 22.3 Å². The maximum atomic E-state index is 13.0. The summed E-state index contributed by atoms with van der Waals surface area (Å²) in [5.41, 5.74) is 4.09. The zero-order valence-electron chi connectivity index (χ0n) is 15.0. The molecule has 1 N–H and O–H groups in total. The van der Waals surface area contributed by atoms with E-state index in [2.05, 4.69) is 11.4 Å². The topological polar surface area (TPSA) is 49.4 Å². The van der Waals surface area contributed by atoms with Crippen molar-refractivity contribution in [2.24, 2.45) is 0 Å². The Kier molecular flexibility index (Phi) is 4.88. The second-order valence-corrected chi connectivity index (χ2v) is 6.88. The van der Waals surface area contributed by atoms with Crippen molar-refractivity contribution in [2.45, 2.75) is 45.8 Å². The summed E-state index contributed by atoms with van der Waals surface area (Å²) in [6.45, 7) is 6.39. The first-order valence-electron chi connectivity index (χ1n) is 8.69. The molecule has 1 heterocycles. The summed E-state index contributed by atoms with van der Waals surface area (Å²) in [6.07, 6.45) is 0.357. The van der Waals surface area contributed by atoms with Crippen LogP contribution in [-0.4, -0.2) is 22.8 Å². The van der Waals surface area contributed by atoms with Crippen LogP contribution in [0.3, 0.4) is 0 Å². The van der Waals surface area contributed by atoms with Crippen molar-refractivity contribution in [3.05, 3.63) is 70.8 Å². The number of benzene rings is 2. The number of aryl methyl sites for hydroxylation is 1. The smallest absolute Gasteiger partial charge is 0.247 e. The van der Waals surface area contributed by atoms with E-state index in [9.17, 15) is 9.59 Å². The first-order chi connectivity index (χ1) is 12.0. The molecule has 0 spiro atoms. The zero-order valence-corrected chi connectivity index (χ0v) is 15.0. The second kappa shape index (κ2) is 7.09. The number of carbonyl (C=O) groups is 2. The van der Waals surface area contributed by atoms with Crippen LogP contribution in [0.1, 0.15) is 42.1 Å². The normalized spacial score (nSPS) is 16.7. The summed E-state index contributed by atoms with van der Waals surface area (Å²) < 4.78 is 0. The highest BCUT2D eigenvalue weighted by atomic mass is 16.2. The molecular weight excluding hydrogens is 312 g/mol. The molecule has 0 saturated carbocycles. The second-order valence-electron chi connectivity index (χ2n) is 6.88. The average Bonchev–Trinajstić information content (AvgIpc) is 2.58. The third kappa shape index (κ3) is 3.58. The fourth-order valence-electron chi connectivity index (χ4n) is 3.47. The molecule has 0 saturated heterocycles. The van der Waals surface area contributed by atoms with Crippen molar-refractivity contribution in [2.75, 3.05) is 0 Å². The van der Waals surface area contributed by atoms with Gasteiger partial charge < -0.3 is 10.2 Å². The number of carbonyl (C=O) groups excluding carboxylic acids is 2. The number of hydrogen-bond donors (Lipinski definition) is 1. The molecule has 0 aliphatic carbocycles. The minimum Gasteiger partial charge on any atom is -0.350 e. The number of amides is 2. The summed E-state index contributed by atoms with van der Waals surface area (Å²) in [6, 6.07) is 15.2. The predicted molar refractivity (Wildman–Crippen MR) is 97.9 cm³/mol. The van der Waals surface area contributed by atoms with Crippen molar-refractivity contribution in [1.29, 1.82) is 0 Å². The minimum atomic E-state index is -0.567. The van der Waals surface area contributed by atoms with Gasteiger partial charge in [0.05, 0.1) is 6.42 Å². The SMILES string of the molecule is Cc1cccc(CNC(=O)C2c3ccccc3CC(=O)N2C(C)C)c1. The van der Waals surface area contributed by atoms with Crippen molar-refractivity contribution >= 4 is 11.8 Å². The van der Waals surface area contributed by atoms with Gasteiger partial charge in [0.2, 0.25) is 11.8 Å². The quantitative estimate of drug-likeness (QED) is 0.932. The number of hydrogen-bond acceptors (Lipinski definition) is 2. The molecule has 0 fully saturated rings. The van der Waals surface area contributed by atoms with Gasteiger partial charge in [-0.1, -0.05) is 54.1 Å². The molecule has 25 heavy (non-hydrogen) atoms. The van der Waals surface area contributed by atoms with Gasteiger partial charge >= 0.3 is 0 Å². The molecule has 2 aromatic rings. The molecule has 4 heteroatoms. The Labute approximate surface area is 148 Å². The molecule has 0 bridgehead atoms. The molecule has 2 amide bonds. The number of nitrogens with one attached hydrogen (secondary N) is 1. The lowest BCUT2D eigenvalue weighted by Crippen LogP contribution is -2.50. The number of nitrogens with zero attached hydrogens (tertiary/aromatic N) is 1. The van der Waals surface area contributed by atoms with Gasteiger partial charge in [-0.15, -0.1) is 0 Å². The Morgan fingerprint density at radius 3 is 2.68 bits per heavy atom. The molecule has 4 nitrogen and oxygen atoms in total. The van der Waals surface area contributed by atoms with Crippen molar-refractivity contribution in [1.82, 2.24) is 10.2 Å². The predicted octanol–water partition coefficient (Wildman–Crippen LogP) is 3.15. The van der Waals surface area contributed by atoms with Gasteiger partial charge in [0, 0.05) is 12.6 Å². The first kappa shape index (κ1) is 17.2. The van der Waals surface area contributed by atoms with Gasteiger partial charge in [-0.05, 0) is 37.5 Å². The molecule has 3 rings (SSSR count). The van der Waals surface area contributed by atoms with Gasteiger partial charge in [-0.3, -0.25) is 9.59 Å². The van der Waals surface area contributed by atoms with E-state index in [1.807, 2.05) is 63.2 Å². The van der Waals surface area contributed by atoms with Gasteiger partial charge in [-0.25, -0.2) is 0 Å². The lowest BCUT2D eigenvalue weighted by molar-refractivity contribution is -0.143. The van der Waals surface area contributed by atoms with Gasteiger partial charge in [-0.2, -0.15) is 0 Å². The highest BCUT2D eigenvalue weighted by Crippen LogP contribution is 2.32. The largest absolute Gasteiger partial charge is 0.350 e.